The zero-order valence-electron chi connectivity index (χ0n) is 17.8. The number of rotatable bonds is 5. The SMILES string of the molecule is CCOC(=O)c1c(CS(=O)(=O)c2ccc(Cl)cc2)n(C)c2cc(Br)c3c(c12)CN(C)CO3. The third-order valence-corrected chi connectivity index (χ3v) is 7.94. The molecule has 0 fully saturated rings. The number of sulfone groups is 1. The van der Waals surface area contributed by atoms with Crippen molar-refractivity contribution in [3.63, 3.8) is 0 Å². The summed E-state index contributed by atoms with van der Waals surface area (Å²) >= 11 is 9.48. The Kier molecular flexibility index (Phi) is 6.28. The normalized spacial score (nSPS) is 14.3. The molecule has 0 aliphatic carbocycles. The van der Waals surface area contributed by atoms with Gasteiger partial charge in [0, 0.05) is 35.3 Å². The molecule has 10 heteroatoms. The smallest absolute Gasteiger partial charge is 0.340 e. The van der Waals surface area contributed by atoms with E-state index in [9.17, 15) is 13.2 Å². The van der Waals surface area contributed by atoms with E-state index in [2.05, 4.69) is 15.9 Å². The van der Waals surface area contributed by atoms with E-state index in [0.717, 1.165) is 15.6 Å². The van der Waals surface area contributed by atoms with Gasteiger partial charge >= 0.3 is 5.97 Å². The summed E-state index contributed by atoms with van der Waals surface area (Å²) in [6, 6.07) is 7.84. The fourth-order valence-corrected chi connectivity index (χ4v) is 6.08. The van der Waals surface area contributed by atoms with Crippen LogP contribution in [0.15, 0.2) is 39.7 Å². The third-order valence-electron chi connectivity index (χ3n) is 5.45. The van der Waals surface area contributed by atoms with Crippen LogP contribution in [0, 0.1) is 0 Å². The van der Waals surface area contributed by atoms with Crippen molar-refractivity contribution in [3.05, 3.63) is 56.6 Å². The average Bonchev–Trinajstić information content (AvgIpc) is 3.00. The van der Waals surface area contributed by atoms with Gasteiger partial charge in [-0.2, -0.15) is 0 Å². The molecule has 0 spiro atoms. The lowest BCUT2D eigenvalue weighted by molar-refractivity contribution is 0.0527. The quantitative estimate of drug-likeness (QED) is 0.442. The zero-order chi connectivity index (χ0) is 23.2. The van der Waals surface area contributed by atoms with Crippen molar-refractivity contribution >= 4 is 54.2 Å². The molecule has 0 saturated heterocycles. The number of benzene rings is 2. The molecule has 0 saturated carbocycles. The number of aryl methyl sites for hydroxylation is 1. The van der Waals surface area contributed by atoms with Crippen molar-refractivity contribution < 1.29 is 22.7 Å². The molecule has 4 rings (SSSR count). The summed E-state index contributed by atoms with van der Waals surface area (Å²) in [6.07, 6.45) is 0. The summed E-state index contributed by atoms with van der Waals surface area (Å²) in [4.78, 5) is 15.2. The highest BCUT2D eigenvalue weighted by molar-refractivity contribution is 9.10. The molecule has 1 aliphatic rings. The fraction of sp³-hybridized carbons (Fsp3) is 0.318. The first-order chi connectivity index (χ1) is 15.1. The molecule has 0 amide bonds. The number of carbonyl (C=O) groups excluding carboxylic acids is 1. The Labute approximate surface area is 199 Å². The van der Waals surface area contributed by atoms with E-state index in [1.54, 1.807) is 18.5 Å². The predicted molar refractivity (Wildman–Crippen MR) is 126 cm³/mol. The van der Waals surface area contributed by atoms with Crippen LogP contribution in [0.1, 0.15) is 28.5 Å². The molecule has 0 unspecified atom stereocenters. The van der Waals surface area contributed by atoms with Gasteiger partial charge in [0.25, 0.3) is 0 Å². The van der Waals surface area contributed by atoms with Crippen LogP contribution >= 0.6 is 27.5 Å². The number of hydrogen-bond acceptors (Lipinski definition) is 6. The first-order valence-electron chi connectivity index (χ1n) is 9.93. The summed E-state index contributed by atoms with van der Waals surface area (Å²) < 4.78 is 40.2. The predicted octanol–water partition coefficient (Wildman–Crippen LogP) is 4.53. The largest absolute Gasteiger partial charge is 0.477 e. The highest BCUT2D eigenvalue weighted by atomic mass is 79.9. The van der Waals surface area contributed by atoms with Crippen molar-refractivity contribution in [1.82, 2.24) is 9.47 Å². The standard InChI is InChI=1S/C22H22BrClN2O5S/c1-4-30-22(27)20-18(11-32(28,29)14-7-5-13(24)6-8-14)26(3)17-9-16(23)21-15(19(17)20)10-25(2)12-31-21/h5-9H,4,10-12H2,1-3H3. The Hall–Kier alpha value is -2.07. The van der Waals surface area contributed by atoms with E-state index in [0.29, 0.717) is 35.1 Å². The Morgan fingerprint density at radius 1 is 1.25 bits per heavy atom. The van der Waals surface area contributed by atoms with Crippen LogP contribution in [-0.2, 0) is 33.9 Å². The monoisotopic (exact) mass is 540 g/mol. The van der Waals surface area contributed by atoms with Gasteiger partial charge in [-0.15, -0.1) is 0 Å². The Morgan fingerprint density at radius 3 is 2.59 bits per heavy atom. The van der Waals surface area contributed by atoms with E-state index < -0.39 is 15.8 Å². The highest BCUT2D eigenvalue weighted by Gasteiger charge is 2.32. The molecule has 1 aromatic heterocycles. The molecule has 32 heavy (non-hydrogen) atoms. The second kappa shape index (κ2) is 8.70. The van der Waals surface area contributed by atoms with Crippen LogP contribution in [-0.4, -0.2) is 44.2 Å². The fourth-order valence-electron chi connectivity index (χ4n) is 3.97. The van der Waals surface area contributed by atoms with Crippen LogP contribution < -0.4 is 4.74 Å². The van der Waals surface area contributed by atoms with Crippen molar-refractivity contribution in [3.8, 4) is 5.75 Å². The van der Waals surface area contributed by atoms with E-state index in [1.807, 2.05) is 18.0 Å². The van der Waals surface area contributed by atoms with Crippen molar-refractivity contribution in [2.45, 2.75) is 24.1 Å². The van der Waals surface area contributed by atoms with E-state index in [-0.39, 0.29) is 22.8 Å². The maximum Gasteiger partial charge on any atom is 0.340 e. The number of nitrogens with zero attached hydrogens (tertiary/aromatic N) is 2. The van der Waals surface area contributed by atoms with Gasteiger partial charge in [0.1, 0.15) is 12.5 Å². The summed E-state index contributed by atoms with van der Waals surface area (Å²) in [7, 11) is -0.0888. The molecular formula is C22H22BrClN2O5S. The molecule has 0 radical (unpaired) electrons. The molecular weight excluding hydrogens is 520 g/mol. The van der Waals surface area contributed by atoms with Crippen LogP contribution in [0.25, 0.3) is 10.9 Å². The van der Waals surface area contributed by atoms with Gasteiger partial charge in [-0.25, -0.2) is 13.2 Å². The van der Waals surface area contributed by atoms with Crippen LogP contribution in [0.2, 0.25) is 5.02 Å². The molecule has 170 valence electrons. The van der Waals surface area contributed by atoms with Gasteiger partial charge in [-0.3, -0.25) is 4.90 Å². The number of fused-ring (bicyclic) bond motifs is 3. The van der Waals surface area contributed by atoms with Crippen LogP contribution in [0.5, 0.6) is 5.75 Å². The molecule has 2 aromatic carbocycles. The zero-order valence-corrected chi connectivity index (χ0v) is 21.0. The van der Waals surface area contributed by atoms with E-state index in [4.69, 9.17) is 21.1 Å². The van der Waals surface area contributed by atoms with Gasteiger partial charge in [-0.1, -0.05) is 11.6 Å². The number of aromatic nitrogens is 1. The van der Waals surface area contributed by atoms with Crippen LogP contribution in [0.3, 0.4) is 0 Å². The van der Waals surface area contributed by atoms with E-state index in [1.165, 1.54) is 24.3 Å². The van der Waals surface area contributed by atoms with Crippen LogP contribution in [0.4, 0.5) is 0 Å². The average molecular weight is 542 g/mol. The lowest BCUT2D eigenvalue weighted by Crippen LogP contribution is -2.28. The molecule has 2 heterocycles. The van der Waals surface area contributed by atoms with Crippen molar-refractivity contribution in [1.29, 1.82) is 0 Å². The molecule has 7 nitrogen and oxygen atoms in total. The summed E-state index contributed by atoms with van der Waals surface area (Å²) in [5.41, 5.74) is 2.15. The van der Waals surface area contributed by atoms with Gasteiger partial charge in [-0.05, 0) is 60.2 Å². The van der Waals surface area contributed by atoms with Gasteiger partial charge in [0.2, 0.25) is 0 Å². The Morgan fingerprint density at radius 2 is 1.94 bits per heavy atom. The van der Waals surface area contributed by atoms with Gasteiger partial charge < -0.3 is 14.0 Å². The minimum absolute atomic E-state index is 0.133. The van der Waals surface area contributed by atoms with Gasteiger partial charge in [0.15, 0.2) is 9.84 Å². The molecule has 1 aliphatic heterocycles. The maximum absolute atomic E-state index is 13.2. The molecule has 0 bridgehead atoms. The number of carbonyl (C=O) groups is 1. The minimum Gasteiger partial charge on any atom is -0.477 e. The highest BCUT2D eigenvalue weighted by Crippen LogP contribution is 2.42. The molecule has 0 atom stereocenters. The van der Waals surface area contributed by atoms with Gasteiger partial charge in [0.05, 0.1) is 32.8 Å². The Balaban J connectivity index is 1.97. The first kappa shape index (κ1) is 23.1. The summed E-state index contributed by atoms with van der Waals surface area (Å²) in [6.45, 7) is 2.85. The topological polar surface area (TPSA) is 77.8 Å². The number of hydrogen-bond donors (Lipinski definition) is 0. The van der Waals surface area contributed by atoms with Crippen molar-refractivity contribution in [2.24, 2.45) is 7.05 Å². The minimum atomic E-state index is -3.75. The Bertz CT molecular complexity index is 1320. The second-order valence-corrected chi connectivity index (χ2v) is 10.9. The lowest BCUT2D eigenvalue weighted by atomic mass is 10.0. The second-order valence-electron chi connectivity index (χ2n) is 7.66. The molecule has 3 aromatic rings. The lowest BCUT2D eigenvalue weighted by Gasteiger charge is -2.27. The van der Waals surface area contributed by atoms with E-state index >= 15 is 0 Å². The summed E-state index contributed by atoms with van der Waals surface area (Å²) in [5, 5.41) is 1.10. The summed E-state index contributed by atoms with van der Waals surface area (Å²) in [5.74, 6) is -0.271. The number of esters is 1. The number of ether oxygens (including phenoxy) is 2. The first-order valence-corrected chi connectivity index (χ1v) is 12.8. The molecule has 0 N–H and O–H groups in total. The van der Waals surface area contributed by atoms with Crippen molar-refractivity contribution in [2.75, 3.05) is 20.4 Å². The maximum atomic E-state index is 13.2. The number of halogens is 2. The third kappa shape index (κ3) is 4.03.